The number of para-hydroxylation sites is 2. The zero-order valence-corrected chi connectivity index (χ0v) is 9.66. The summed E-state index contributed by atoms with van der Waals surface area (Å²) in [4.78, 5) is 17.7. The van der Waals surface area contributed by atoms with Crippen LogP contribution in [-0.4, -0.2) is 14.9 Å². The lowest BCUT2D eigenvalue weighted by Crippen LogP contribution is -1.99. The molecule has 1 heterocycles. The molecule has 0 bridgehead atoms. The van der Waals surface area contributed by atoms with E-state index in [-0.39, 0.29) is 28.3 Å². The molecule has 0 atom stereocenters. The maximum atomic E-state index is 10.8. The molecule has 0 aliphatic carbocycles. The van der Waals surface area contributed by atoms with E-state index in [2.05, 4.69) is 9.97 Å². The van der Waals surface area contributed by atoms with Gasteiger partial charge in [0, 0.05) is 6.07 Å². The lowest BCUT2D eigenvalue weighted by atomic mass is 10.3. The fraction of sp³-hybridized carbons (Fsp3) is 0. The second-order valence-corrected chi connectivity index (χ2v) is 3.62. The number of nitrogen functional groups attached to an aromatic ring is 1. The molecule has 1 aromatic heterocycles. The summed E-state index contributed by atoms with van der Waals surface area (Å²) in [5.74, 6) is -0.0334. The minimum Gasteiger partial charge on any atom is -0.430 e. The van der Waals surface area contributed by atoms with Crippen molar-refractivity contribution < 1.29 is 9.66 Å². The Kier molecular flexibility index (Phi) is 3.24. The van der Waals surface area contributed by atoms with Gasteiger partial charge in [0.15, 0.2) is 0 Å². The number of rotatable bonds is 3. The monoisotopic (exact) mass is 266 g/mol. The van der Waals surface area contributed by atoms with Crippen LogP contribution in [0.15, 0.2) is 30.5 Å². The normalized spacial score (nSPS) is 10.1. The van der Waals surface area contributed by atoms with Crippen molar-refractivity contribution in [1.82, 2.24) is 9.97 Å². The lowest BCUT2D eigenvalue weighted by molar-refractivity contribution is -0.385. The van der Waals surface area contributed by atoms with Gasteiger partial charge in [-0.25, -0.2) is 4.98 Å². The van der Waals surface area contributed by atoms with Crippen molar-refractivity contribution >= 4 is 23.2 Å². The summed E-state index contributed by atoms with van der Waals surface area (Å²) in [6.07, 6.45) is 1.26. The highest BCUT2D eigenvalue weighted by Gasteiger charge is 2.16. The van der Waals surface area contributed by atoms with E-state index in [0.29, 0.717) is 0 Å². The highest BCUT2D eigenvalue weighted by molar-refractivity contribution is 6.31. The van der Waals surface area contributed by atoms with Crippen molar-refractivity contribution in [2.45, 2.75) is 0 Å². The van der Waals surface area contributed by atoms with Gasteiger partial charge in [0.1, 0.15) is 5.02 Å². The van der Waals surface area contributed by atoms with E-state index in [9.17, 15) is 10.1 Å². The second-order valence-electron chi connectivity index (χ2n) is 3.21. The second kappa shape index (κ2) is 4.84. The average molecular weight is 267 g/mol. The van der Waals surface area contributed by atoms with Crippen molar-refractivity contribution in [3.63, 3.8) is 0 Å². The summed E-state index contributed by atoms with van der Waals surface area (Å²) in [5, 5.41) is 10.9. The first-order valence-electron chi connectivity index (χ1n) is 4.77. The molecule has 0 fully saturated rings. The number of anilines is 1. The topological polar surface area (TPSA) is 104 Å². The third-order valence-corrected chi connectivity index (χ3v) is 2.26. The first kappa shape index (κ1) is 12.1. The molecule has 0 aliphatic heterocycles. The van der Waals surface area contributed by atoms with Crippen LogP contribution in [0.5, 0.6) is 11.6 Å². The minimum atomic E-state index is -0.562. The van der Waals surface area contributed by atoms with Crippen molar-refractivity contribution in [3.8, 4) is 11.6 Å². The summed E-state index contributed by atoms with van der Waals surface area (Å²) in [5.41, 5.74) is 5.20. The minimum absolute atomic E-state index is 0.0292. The van der Waals surface area contributed by atoms with Gasteiger partial charge in [-0.2, -0.15) is 4.98 Å². The summed E-state index contributed by atoms with van der Waals surface area (Å²) in [6, 6.07) is 5.88. The molecule has 0 unspecified atom stereocenters. The summed E-state index contributed by atoms with van der Waals surface area (Å²) in [7, 11) is 0. The van der Waals surface area contributed by atoms with Gasteiger partial charge in [-0.15, -0.1) is 0 Å². The largest absolute Gasteiger partial charge is 0.430 e. The number of nitrogens with two attached hydrogens (primary N) is 1. The molecule has 92 valence electrons. The molecule has 8 heteroatoms. The Hall–Kier alpha value is -2.41. The van der Waals surface area contributed by atoms with E-state index in [1.807, 2.05) is 0 Å². The molecule has 0 saturated heterocycles. The maximum Gasteiger partial charge on any atom is 0.311 e. The SMILES string of the molecule is Nc1ncc(Cl)c(Oc2ccccc2[N+](=O)[O-])n1. The standard InChI is InChI=1S/C10H7ClN4O3/c11-6-5-13-10(12)14-9(6)18-8-4-2-1-3-7(8)15(16)17/h1-5H,(H2,12,13,14). The van der Waals surface area contributed by atoms with Crippen molar-refractivity contribution in [3.05, 3.63) is 45.6 Å². The molecule has 0 amide bonds. The van der Waals surface area contributed by atoms with E-state index < -0.39 is 4.92 Å². The molecule has 2 aromatic rings. The summed E-state index contributed by atoms with van der Waals surface area (Å²) < 4.78 is 5.28. The van der Waals surface area contributed by atoms with Crippen LogP contribution in [0.1, 0.15) is 0 Å². The number of hydrogen-bond donors (Lipinski definition) is 1. The van der Waals surface area contributed by atoms with E-state index in [1.54, 1.807) is 6.07 Å². The molecule has 0 aliphatic rings. The molecular formula is C10H7ClN4O3. The molecule has 0 spiro atoms. The number of nitro benzene ring substituents is 1. The molecule has 0 saturated carbocycles. The Morgan fingerprint density at radius 1 is 1.39 bits per heavy atom. The number of nitrogens with zero attached hydrogens (tertiary/aromatic N) is 3. The summed E-state index contributed by atoms with van der Waals surface area (Å²) in [6.45, 7) is 0. The zero-order chi connectivity index (χ0) is 13.1. The molecular weight excluding hydrogens is 260 g/mol. The Morgan fingerprint density at radius 3 is 2.83 bits per heavy atom. The molecule has 7 nitrogen and oxygen atoms in total. The van der Waals surface area contributed by atoms with Crippen molar-refractivity contribution in [2.24, 2.45) is 0 Å². The predicted octanol–water partition coefficient (Wildman–Crippen LogP) is 2.41. The lowest BCUT2D eigenvalue weighted by Gasteiger charge is -2.06. The quantitative estimate of drug-likeness (QED) is 0.676. The fourth-order valence-electron chi connectivity index (χ4n) is 1.23. The number of hydrogen-bond acceptors (Lipinski definition) is 6. The third kappa shape index (κ3) is 2.46. The van der Waals surface area contributed by atoms with Gasteiger partial charge in [0.2, 0.25) is 17.6 Å². The van der Waals surface area contributed by atoms with Crippen molar-refractivity contribution in [1.29, 1.82) is 0 Å². The number of aromatic nitrogens is 2. The highest BCUT2D eigenvalue weighted by Crippen LogP contribution is 2.33. The van der Waals surface area contributed by atoms with Gasteiger partial charge < -0.3 is 10.5 Å². The summed E-state index contributed by atoms with van der Waals surface area (Å²) >= 11 is 5.80. The first-order valence-corrected chi connectivity index (χ1v) is 5.15. The number of halogens is 1. The van der Waals surface area contributed by atoms with Crippen LogP contribution >= 0.6 is 11.6 Å². The maximum absolute atomic E-state index is 10.8. The molecule has 1 aromatic carbocycles. The van der Waals surface area contributed by atoms with Gasteiger partial charge in [-0.05, 0) is 6.07 Å². The fourth-order valence-corrected chi connectivity index (χ4v) is 1.36. The van der Waals surface area contributed by atoms with Crippen LogP contribution in [0, 0.1) is 10.1 Å². The van der Waals surface area contributed by atoms with Gasteiger partial charge in [0.05, 0.1) is 11.1 Å². The number of nitro groups is 1. The van der Waals surface area contributed by atoms with Gasteiger partial charge >= 0.3 is 5.69 Å². The molecule has 0 radical (unpaired) electrons. The van der Waals surface area contributed by atoms with Crippen LogP contribution in [0.2, 0.25) is 5.02 Å². The van der Waals surface area contributed by atoms with E-state index in [1.165, 1.54) is 24.4 Å². The van der Waals surface area contributed by atoms with E-state index >= 15 is 0 Å². The Labute approximate surface area is 106 Å². The first-order chi connectivity index (χ1) is 8.58. The van der Waals surface area contributed by atoms with Crippen LogP contribution in [-0.2, 0) is 0 Å². The van der Waals surface area contributed by atoms with Crippen LogP contribution < -0.4 is 10.5 Å². The van der Waals surface area contributed by atoms with Crippen LogP contribution in [0.4, 0.5) is 11.6 Å². The highest BCUT2D eigenvalue weighted by atomic mass is 35.5. The molecule has 2 N–H and O–H groups in total. The van der Waals surface area contributed by atoms with E-state index in [0.717, 1.165) is 0 Å². The van der Waals surface area contributed by atoms with Gasteiger partial charge in [0.25, 0.3) is 0 Å². The zero-order valence-electron chi connectivity index (χ0n) is 8.91. The number of benzene rings is 1. The van der Waals surface area contributed by atoms with Crippen LogP contribution in [0.3, 0.4) is 0 Å². The van der Waals surface area contributed by atoms with Crippen LogP contribution in [0.25, 0.3) is 0 Å². The van der Waals surface area contributed by atoms with Gasteiger partial charge in [-0.3, -0.25) is 10.1 Å². The third-order valence-electron chi connectivity index (χ3n) is 2.00. The number of ether oxygens (including phenoxy) is 1. The average Bonchev–Trinajstić information content (AvgIpc) is 2.34. The Balaban J connectivity index is 2.40. The van der Waals surface area contributed by atoms with E-state index in [4.69, 9.17) is 22.1 Å². The van der Waals surface area contributed by atoms with Crippen molar-refractivity contribution in [2.75, 3.05) is 5.73 Å². The van der Waals surface area contributed by atoms with Gasteiger partial charge in [-0.1, -0.05) is 23.7 Å². The Bertz CT molecular complexity index is 605. The predicted molar refractivity (Wildman–Crippen MR) is 64.6 cm³/mol. The molecule has 18 heavy (non-hydrogen) atoms. The smallest absolute Gasteiger partial charge is 0.311 e. The molecule has 2 rings (SSSR count). The Morgan fingerprint density at radius 2 is 2.11 bits per heavy atom.